The van der Waals surface area contributed by atoms with Crippen molar-refractivity contribution in [2.45, 2.75) is 45.4 Å². The molecule has 28 heavy (non-hydrogen) atoms. The summed E-state index contributed by atoms with van der Waals surface area (Å²) in [5, 5.41) is 9.99. The molecule has 0 saturated carbocycles. The minimum absolute atomic E-state index is 0.0244. The molecule has 2 aromatic carbocycles. The number of hydrogen-bond acceptors (Lipinski definition) is 3. The van der Waals surface area contributed by atoms with Gasteiger partial charge in [-0.15, -0.1) is 0 Å². The number of anilines is 1. The van der Waals surface area contributed by atoms with Crippen molar-refractivity contribution in [3.63, 3.8) is 0 Å². The number of sulfonamides is 1. The Labute approximate surface area is 171 Å². The second-order valence-electron chi connectivity index (χ2n) is 6.76. The summed E-state index contributed by atoms with van der Waals surface area (Å²) in [7, 11) is -3.62. The fourth-order valence-electron chi connectivity index (χ4n) is 2.93. The van der Waals surface area contributed by atoms with Gasteiger partial charge < -0.3 is 5.11 Å². The molecule has 152 valence electrons. The molecule has 0 bridgehead atoms. The third-order valence-corrected chi connectivity index (χ3v) is 6.07. The molecule has 2 aromatic rings. The maximum Gasteiger partial charge on any atom is 0.337 e. The van der Waals surface area contributed by atoms with E-state index in [2.05, 4.69) is 11.6 Å². The fraction of sp³-hybridized carbons (Fsp3) is 0.381. The minimum Gasteiger partial charge on any atom is -0.478 e. The Morgan fingerprint density at radius 1 is 0.964 bits per heavy atom. The monoisotopic (exact) mass is 423 g/mol. The van der Waals surface area contributed by atoms with Gasteiger partial charge in [-0.05, 0) is 41.8 Å². The molecule has 0 fully saturated rings. The Kier molecular flexibility index (Phi) is 8.33. The van der Waals surface area contributed by atoms with Crippen LogP contribution in [-0.4, -0.2) is 25.2 Å². The summed E-state index contributed by atoms with van der Waals surface area (Å²) in [4.78, 5) is 11.5. The molecule has 0 aromatic heterocycles. The molecule has 2 N–H and O–H groups in total. The van der Waals surface area contributed by atoms with Crippen LogP contribution in [0.1, 0.15) is 55.8 Å². The zero-order valence-corrected chi connectivity index (χ0v) is 17.5. The largest absolute Gasteiger partial charge is 0.478 e. The number of halogens is 1. The summed E-state index contributed by atoms with van der Waals surface area (Å²) in [6, 6.07) is 11.7. The molecule has 0 heterocycles. The van der Waals surface area contributed by atoms with E-state index in [1.54, 1.807) is 36.4 Å². The van der Waals surface area contributed by atoms with E-state index in [0.717, 1.165) is 37.7 Å². The third kappa shape index (κ3) is 6.84. The van der Waals surface area contributed by atoms with Crippen molar-refractivity contribution >= 4 is 33.3 Å². The SMILES string of the molecule is CCCCCCCCS(=O)(=O)Nc1cc(-c2ccc(Cl)cc2)ccc1C(=O)O. The summed E-state index contributed by atoms with van der Waals surface area (Å²) >= 11 is 5.90. The first-order valence-electron chi connectivity index (χ1n) is 9.46. The van der Waals surface area contributed by atoms with E-state index < -0.39 is 16.0 Å². The van der Waals surface area contributed by atoms with Crippen LogP contribution in [0.2, 0.25) is 5.02 Å². The van der Waals surface area contributed by atoms with Crippen molar-refractivity contribution in [2.24, 2.45) is 0 Å². The van der Waals surface area contributed by atoms with E-state index in [9.17, 15) is 18.3 Å². The average molecular weight is 424 g/mol. The van der Waals surface area contributed by atoms with Crippen LogP contribution in [0.4, 0.5) is 5.69 Å². The van der Waals surface area contributed by atoms with E-state index in [1.165, 1.54) is 6.07 Å². The van der Waals surface area contributed by atoms with Gasteiger partial charge in [-0.1, -0.05) is 68.8 Å². The summed E-state index contributed by atoms with van der Waals surface area (Å²) in [6.45, 7) is 2.13. The van der Waals surface area contributed by atoms with Crippen LogP contribution >= 0.6 is 11.6 Å². The van der Waals surface area contributed by atoms with Crippen LogP contribution in [0, 0.1) is 0 Å². The maximum absolute atomic E-state index is 12.4. The van der Waals surface area contributed by atoms with Crippen molar-refractivity contribution in [3.8, 4) is 11.1 Å². The molecule has 0 spiro atoms. The Bertz CT molecular complexity index is 895. The van der Waals surface area contributed by atoms with Gasteiger partial charge in [0.2, 0.25) is 10.0 Å². The van der Waals surface area contributed by atoms with Gasteiger partial charge in [0.15, 0.2) is 0 Å². The highest BCUT2D eigenvalue weighted by Crippen LogP contribution is 2.28. The van der Waals surface area contributed by atoms with Gasteiger partial charge >= 0.3 is 5.97 Å². The summed E-state index contributed by atoms with van der Waals surface area (Å²) in [6.07, 6.45) is 5.81. The van der Waals surface area contributed by atoms with Gasteiger partial charge in [0.05, 0.1) is 17.0 Å². The number of rotatable bonds is 11. The maximum atomic E-state index is 12.4. The van der Waals surface area contributed by atoms with Gasteiger partial charge in [-0.3, -0.25) is 4.72 Å². The summed E-state index contributed by atoms with van der Waals surface area (Å²) < 4.78 is 27.3. The number of carboxylic acid groups (broad SMARTS) is 1. The van der Waals surface area contributed by atoms with Gasteiger partial charge in [-0.2, -0.15) is 0 Å². The Morgan fingerprint density at radius 3 is 2.21 bits per heavy atom. The van der Waals surface area contributed by atoms with E-state index in [-0.39, 0.29) is 17.0 Å². The molecule has 0 aliphatic heterocycles. The lowest BCUT2D eigenvalue weighted by Gasteiger charge is -2.13. The highest BCUT2D eigenvalue weighted by Gasteiger charge is 2.17. The van der Waals surface area contributed by atoms with Crippen molar-refractivity contribution < 1.29 is 18.3 Å². The predicted molar refractivity (Wildman–Crippen MR) is 115 cm³/mol. The average Bonchev–Trinajstić information content (AvgIpc) is 2.64. The summed E-state index contributed by atoms with van der Waals surface area (Å²) in [5.41, 5.74) is 1.52. The van der Waals surface area contributed by atoms with Crippen LogP contribution in [0.3, 0.4) is 0 Å². The van der Waals surface area contributed by atoms with E-state index >= 15 is 0 Å². The van der Waals surface area contributed by atoms with Crippen LogP contribution < -0.4 is 4.72 Å². The van der Waals surface area contributed by atoms with Gasteiger partial charge in [0, 0.05) is 5.02 Å². The molecule has 0 aliphatic rings. The van der Waals surface area contributed by atoms with E-state index in [1.807, 2.05) is 0 Å². The number of aromatic carboxylic acids is 1. The molecule has 0 saturated heterocycles. The predicted octanol–water partition coefficient (Wildman–Crippen LogP) is 5.81. The minimum atomic E-state index is -3.62. The third-order valence-electron chi connectivity index (χ3n) is 4.46. The molecule has 0 amide bonds. The smallest absolute Gasteiger partial charge is 0.337 e. The lowest BCUT2D eigenvalue weighted by molar-refractivity contribution is 0.0698. The normalized spacial score (nSPS) is 11.4. The molecule has 0 atom stereocenters. The molecular weight excluding hydrogens is 398 g/mol. The van der Waals surface area contributed by atoms with Crippen LogP contribution in [0.25, 0.3) is 11.1 Å². The number of nitrogens with one attached hydrogen (secondary N) is 1. The topological polar surface area (TPSA) is 83.5 Å². The zero-order chi connectivity index (χ0) is 20.6. The lowest BCUT2D eigenvalue weighted by Crippen LogP contribution is -2.18. The fourth-order valence-corrected chi connectivity index (χ4v) is 4.24. The van der Waals surface area contributed by atoms with Crippen LogP contribution in [0.5, 0.6) is 0 Å². The van der Waals surface area contributed by atoms with Crippen molar-refractivity contribution in [1.82, 2.24) is 0 Å². The van der Waals surface area contributed by atoms with Crippen LogP contribution in [0.15, 0.2) is 42.5 Å². The Morgan fingerprint density at radius 2 is 1.57 bits per heavy atom. The molecule has 0 radical (unpaired) electrons. The number of carboxylic acids is 1. The highest BCUT2D eigenvalue weighted by atomic mass is 35.5. The first-order valence-corrected chi connectivity index (χ1v) is 11.5. The Hall–Kier alpha value is -2.05. The second-order valence-corrected chi connectivity index (χ2v) is 9.04. The first kappa shape index (κ1) is 22.2. The number of benzene rings is 2. The highest BCUT2D eigenvalue weighted by molar-refractivity contribution is 7.92. The number of hydrogen-bond donors (Lipinski definition) is 2. The van der Waals surface area contributed by atoms with E-state index in [4.69, 9.17) is 11.6 Å². The molecule has 0 aliphatic carbocycles. The number of unbranched alkanes of at least 4 members (excludes halogenated alkanes) is 5. The van der Waals surface area contributed by atoms with Gasteiger partial charge in [0.1, 0.15) is 0 Å². The Balaban J connectivity index is 2.14. The van der Waals surface area contributed by atoms with E-state index in [0.29, 0.717) is 17.0 Å². The molecule has 7 heteroatoms. The molecule has 5 nitrogen and oxygen atoms in total. The second kappa shape index (κ2) is 10.5. The van der Waals surface area contributed by atoms with Crippen molar-refractivity contribution in [1.29, 1.82) is 0 Å². The van der Waals surface area contributed by atoms with Crippen LogP contribution in [-0.2, 0) is 10.0 Å². The molecule has 2 rings (SSSR count). The first-order chi connectivity index (χ1) is 13.3. The standard InChI is InChI=1S/C21H26ClNO4S/c1-2-3-4-5-6-7-14-28(26,27)23-20-15-17(10-13-19(20)21(24)25)16-8-11-18(22)12-9-16/h8-13,15,23H,2-7,14H2,1H3,(H,24,25). The lowest BCUT2D eigenvalue weighted by atomic mass is 10.0. The zero-order valence-electron chi connectivity index (χ0n) is 15.9. The van der Waals surface area contributed by atoms with Crippen molar-refractivity contribution in [3.05, 3.63) is 53.1 Å². The van der Waals surface area contributed by atoms with Crippen molar-refractivity contribution in [2.75, 3.05) is 10.5 Å². The quantitative estimate of drug-likeness (QED) is 0.447. The summed E-state index contributed by atoms with van der Waals surface area (Å²) in [5.74, 6) is -1.21. The molecule has 0 unspecified atom stereocenters. The van der Waals surface area contributed by atoms with Gasteiger partial charge in [-0.25, -0.2) is 13.2 Å². The number of carbonyl (C=O) groups is 1. The van der Waals surface area contributed by atoms with Gasteiger partial charge in [0.25, 0.3) is 0 Å². The molecular formula is C21H26ClNO4S.